The second-order valence-corrected chi connectivity index (χ2v) is 10.5. The number of carbonyl (C=O) groups excluding carboxylic acids is 1. The van der Waals surface area contributed by atoms with Gasteiger partial charge < -0.3 is 24.6 Å². The molecule has 0 aliphatic carbocycles. The third-order valence-electron chi connectivity index (χ3n) is 5.31. The molecule has 1 aliphatic rings. The van der Waals surface area contributed by atoms with E-state index in [0.717, 1.165) is 4.31 Å². The molecular formula is C22H34N2O7S. The van der Waals surface area contributed by atoms with E-state index in [1.54, 1.807) is 12.1 Å². The molecule has 180 valence electrons. The summed E-state index contributed by atoms with van der Waals surface area (Å²) in [5.74, 6) is 0.451. The minimum Gasteiger partial charge on any atom is -0.497 e. The van der Waals surface area contributed by atoms with E-state index in [2.05, 4.69) is 26.1 Å². The van der Waals surface area contributed by atoms with E-state index in [1.165, 1.54) is 26.3 Å². The number of hydrogen-bond donors (Lipinski definition) is 2. The Balaban J connectivity index is 2.07. The van der Waals surface area contributed by atoms with E-state index in [0.29, 0.717) is 12.2 Å². The monoisotopic (exact) mass is 470 g/mol. The van der Waals surface area contributed by atoms with Gasteiger partial charge in [-0.2, -0.15) is 4.31 Å². The summed E-state index contributed by atoms with van der Waals surface area (Å²) in [5, 5.41) is 11.9. The fraction of sp³-hybridized carbons (Fsp3) is 0.591. The highest BCUT2D eigenvalue weighted by Gasteiger charge is 2.34. The zero-order valence-corrected chi connectivity index (χ0v) is 20.1. The van der Waals surface area contributed by atoms with Crippen LogP contribution in [-0.2, 0) is 24.3 Å². The molecule has 0 saturated carbocycles. The molecule has 1 aromatic rings. The molecule has 32 heavy (non-hydrogen) atoms. The summed E-state index contributed by atoms with van der Waals surface area (Å²) in [7, 11) is -0.803. The number of likely N-dealkylation sites (N-methyl/N-ethyl adjacent to an activating group) is 1. The van der Waals surface area contributed by atoms with Crippen LogP contribution in [0.1, 0.15) is 27.2 Å². The van der Waals surface area contributed by atoms with Crippen LogP contribution in [0.2, 0.25) is 0 Å². The van der Waals surface area contributed by atoms with Crippen molar-refractivity contribution in [2.24, 2.45) is 11.3 Å². The number of aliphatic hydroxyl groups is 1. The predicted octanol–water partition coefficient (Wildman–Crippen LogP) is 1.73. The maximum atomic E-state index is 13.0. The van der Waals surface area contributed by atoms with Gasteiger partial charge in [0.25, 0.3) is 5.91 Å². The van der Waals surface area contributed by atoms with Crippen molar-refractivity contribution in [2.75, 3.05) is 40.5 Å². The first kappa shape index (κ1) is 26.1. The Morgan fingerprint density at radius 2 is 1.91 bits per heavy atom. The molecule has 1 aliphatic heterocycles. The Kier molecular flexibility index (Phi) is 9.08. The number of nitrogens with zero attached hydrogens (tertiary/aromatic N) is 1. The van der Waals surface area contributed by atoms with Crippen LogP contribution in [0, 0.1) is 11.3 Å². The van der Waals surface area contributed by atoms with E-state index in [-0.39, 0.29) is 54.2 Å². The largest absolute Gasteiger partial charge is 0.497 e. The van der Waals surface area contributed by atoms with Gasteiger partial charge in [0, 0.05) is 26.6 Å². The Labute approximate surface area is 190 Å². The zero-order valence-electron chi connectivity index (χ0n) is 19.3. The molecule has 0 bridgehead atoms. The smallest absolute Gasteiger partial charge is 0.285 e. The minimum atomic E-state index is -3.83. The first-order valence-electron chi connectivity index (χ1n) is 10.5. The molecule has 0 saturated heterocycles. The van der Waals surface area contributed by atoms with E-state index in [1.807, 2.05) is 6.08 Å². The number of allylic oxidation sites excluding steroid dienone is 1. The molecule has 2 atom stereocenters. The molecule has 1 heterocycles. The second-order valence-electron chi connectivity index (χ2n) is 8.54. The molecule has 0 spiro atoms. The zero-order chi connectivity index (χ0) is 23.9. The highest BCUT2D eigenvalue weighted by molar-refractivity contribution is 7.89. The number of benzene rings is 1. The van der Waals surface area contributed by atoms with E-state index >= 15 is 0 Å². The summed E-state index contributed by atoms with van der Waals surface area (Å²) >= 11 is 0. The van der Waals surface area contributed by atoms with Gasteiger partial charge in [-0.05, 0) is 41.7 Å². The number of aliphatic hydroxyl groups excluding tert-OH is 1. The van der Waals surface area contributed by atoms with Crippen molar-refractivity contribution in [2.45, 2.75) is 38.4 Å². The van der Waals surface area contributed by atoms with Crippen molar-refractivity contribution in [1.29, 1.82) is 0 Å². The van der Waals surface area contributed by atoms with Crippen LogP contribution in [-0.4, -0.2) is 70.5 Å². The summed E-state index contributed by atoms with van der Waals surface area (Å²) in [6, 6.07) is 6.04. The molecule has 2 rings (SSSR count). The second kappa shape index (κ2) is 11.1. The lowest BCUT2D eigenvalue weighted by atomic mass is 9.77. The standard InChI is InChI=1S/C22H34N2O7S/c1-22(2,3)16-14-19(21(26)23-4)31-20(15-16)30-13-11-24(10-12-25)32(27,28)18-8-6-17(29-5)7-9-18/h6-9,14,16,20,25H,10-13,15H2,1-5H3,(H,23,26)/t16-,20+/m0/s1. The number of sulfonamides is 1. The number of carbonyl (C=O) groups is 1. The quantitative estimate of drug-likeness (QED) is 0.535. The maximum Gasteiger partial charge on any atom is 0.285 e. The van der Waals surface area contributed by atoms with Crippen LogP contribution in [0.4, 0.5) is 0 Å². The van der Waals surface area contributed by atoms with E-state index in [9.17, 15) is 18.3 Å². The van der Waals surface area contributed by atoms with Crippen molar-refractivity contribution in [3.8, 4) is 5.75 Å². The summed E-state index contributed by atoms with van der Waals surface area (Å²) in [5.41, 5.74) is -0.106. The van der Waals surface area contributed by atoms with E-state index in [4.69, 9.17) is 14.2 Å². The van der Waals surface area contributed by atoms with Gasteiger partial charge in [0.05, 0.1) is 25.2 Å². The molecule has 0 aromatic heterocycles. The average molecular weight is 471 g/mol. The first-order valence-corrected chi connectivity index (χ1v) is 11.9. The lowest BCUT2D eigenvalue weighted by molar-refractivity contribution is -0.152. The Morgan fingerprint density at radius 1 is 1.25 bits per heavy atom. The fourth-order valence-corrected chi connectivity index (χ4v) is 4.71. The summed E-state index contributed by atoms with van der Waals surface area (Å²) in [4.78, 5) is 12.2. The molecule has 2 N–H and O–H groups in total. The third-order valence-corrected chi connectivity index (χ3v) is 7.22. The van der Waals surface area contributed by atoms with Gasteiger partial charge >= 0.3 is 0 Å². The molecule has 10 heteroatoms. The highest BCUT2D eigenvalue weighted by atomic mass is 32.2. The number of amides is 1. The number of methoxy groups -OCH3 is 1. The van der Waals surface area contributed by atoms with Crippen LogP contribution in [0.5, 0.6) is 5.75 Å². The molecule has 0 unspecified atom stereocenters. The molecule has 1 aromatic carbocycles. The number of hydrogen-bond acceptors (Lipinski definition) is 7. The Hall–Kier alpha value is -2.14. The van der Waals surface area contributed by atoms with Crippen LogP contribution in [0.25, 0.3) is 0 Å². The van der Waals surface area contributed by atoms with Crippen LogP contribution >= 0.6 is 0 Å². The normalized spacial score (nSPS) is 19.3. The lowest BCUT2D eigenvalue weighted by Crippen LogP contribution is -2.39. The molecule has 0 fully saturated rings. The van der Waals surface area contributed by atoms with Crippen molar-refractivity contribution in [1.82, 2.24) is 9.62 Å². The molecule has 0 radical (unpaired) electrons. The van der Waals surface area contributed by atoms with Crippen LogP contribution < -0.4 is 10.1 Å². The fourth-order valence-electron chi connectivity index (χ4n) is 3.29. The number of nitrogens with one attached hydrogen (secondary N) is 1. The number of rotatable bonds is 10. The van der Waals surface area contributed by atoms with Gasteiger partial charge in [-0.15, -0.1) is 0 Å². The average Bonchev–Trinajstić information content (AvgIpc) is 2.77. The Morgan fingerprint density at radius 3 is 2.44 bits per heavy atom. The van der Waals surface area contributed by atoms with Crippen molar-refractivity contribution in [3.05, 3.63) is 36.1 Å². The van der Waals surface area contributed by atoms with Gasteiger partial charge in [-0.1, -0.05) is 20.8 Å². The van der Waals surface area contributed by atoms with Crippen molar-refractivity contribution >= 4 is 15.9 Å². The van der Waals surface area contributed by atoms with Gasteiger partial charge in [-0.3, -0.25) is 4.79 Å². The molecule has 1 amide bonds. The van der Waals surface area contributed by atoms with Crippen molar-refractivity contribution in [3.63, 3.8) is 0 Å². The van der Waals surface area contributed by atoms with Crippen LogP contribution in [0.3, 0.4) is 0 Å². The minimum absolute atomic E-state index is 0.0218. The molecule has 9 nitrogen and oxygen atoms in total. The molecular weight excluding hydrogens is 436 g/mol. The van der Waals surface area contributed by atoms with Gasteiger partial charge in [0.15, 0.2) is 5.76 Å². The number of ether oxygens (including phenoxy) is 3. The summed E-state index contributed by atoms with van der Waals surface area (Å²) in [6.07, 6.45) is 1.66. The van der Waals surface area contributed by atoms with Crippen LogP contribution in [0.15, 0.2) is 41.0 Å². The topological polar surface area (TPSA) is 114 Å². The predicted molar refractivity (Wildman–Crippen MR) is 119 cm³/mol. The highest BCUT2D eigenvalue weighted by Crippen LogP contribution is 2.36. The third kappa shape index (κ3) is 6.68. The maximum absolute atomic E-state index is 13.0. The lowest BCUT2D eigenvalue weighted by Gasteiger charge is -2.36. The van der Waals surface area contributed by atoms with Gasteiger partial charge in [0.2, 0.25) is 16.3 Å². The summed E-state index contributed by atoms with van der Waals surface area (Å²) < 4.78 is 43.7. The van der Waals surface area contributed by atoms with E-state index < -0.39 is 16.3 Å². The van der Waals surface area contributed by atoms with Crippen molar-refractivity contribution < 1.29 is 32.5 Å². The first-order chi connectivity index (χ1) is 15.0. The summed E-state index contributed by atoms with van der Waals surface area (Å²) in [6.45, 7) is 5.88. The SMILES string of the molecule is CNC(=O)C1=C[C@H](C(C)(C)C)C[C@H](OCCN(CCO)S(=O)(=O)c2ccc(OC)cc2)O1. The Bertz CT molecular complexity index is 892. The van der Waals surface area contributed by atoms with Gasteiger partial charge in [-0.25, -0.2) is 8.42 Å². The van der Waals surface area contributed by atoms with Gasteiger partial charge in [0.1, 0.15) is 5.75 Å².